The van der Waals surface area contributed by atoms with Crippen LogP contribution in [0.4, 0.5) is 0 Å². The van der Waals surface area contributed by atoms with Crippen LogP contribution in [0.2, 0.25) is 0 Å². The summed E-state index contributed by atoms with van der Waals surface area (Å²) in [6.45, 7) is 13.8. The third-order valence-electron chi connectivity index (χ3n) is 1.36. The Morgan fingerprint density at radius 3 is 2.62 bits per heavy atom. The Bertz CT molecular complexity index is 256. The van der Waals surface area contributed by atoms with Gasteiger partial charge in [-0.05, 0) is 0 Å². The van der Waals surface area contributed by atoms with Gasteiger partial charge in [-0.15, -0.1) is 6.42 Å². The minimum atomic E-state index is -0.0892. The number of rotatable bonds is 3. The maximum absolute atomic E-state index is 11.1. The second kappa shape index (κ2) is 13.4. The van der Waals surface area contributed by atoms with Crippen LogP contribution < -0.4 is 5.32 Å². The number of carbonyl (C=O) groups is 1. The maximum atomic E-state index is 11.1. The number of hydrogen-bond donors (Lipinski definition) is 1. The van der Waals surface area contributed by atoms with E-state index < -0.39 is 0 Å². The summed E-state index contributed by atoms with van der Waals surface area (Å²) in [7, 11) is 0. The molecule has 0 aromatic rings. The van der Waals surface area contributed by atoms with Crippen molar-refractivity contribution in [3.63, 3.8) is 0 Å². The molecule has 1 atom stereocenters. The minimum Gasteiger partial charge on any atom is -0.394 e. The zero-order valence-corrected chi connectivity index (χ0v) is 14.2. The van der Waals surface area contributed by atoms with Gasteiger partial charge in [0.15, 0.2) is 0 Å². The first-order chi connectivity index (χ1) is 6.74. The molecular formula is C11H14NOSVW-. The van der Waals surface area contributed by atoms with Crippen LogP contribution in [-0.4, -0.2) is 11.2 Å². The second-order valence-corrected chi connectivity index (χ2v) is 3.58. The van der Waals surface area contributed by atoms with Crippen LogP contribution >= 0.6 is 11.8 Å². The molecule has 16 heavy (non-hydrogen) atoms. The SMILES string of the molecule is [CH-]=CC=[C-]CC1SC(=C)NC1=O.[CH2-]C.[V].[W+2]. The molecule has 1 fully saturated rings. The van der Waals surface area contributed by atoms with Crippen molar-refractivity contribution in [3.8, 4) is 0 Å². The van der Waals surface area contributed by atoms with Crippen molar-refractivity contribution < 1.29 is 44.4 Å². The van der Waals surface area contributed by atoms with Gasteiger partial charge in [-0.1, -0.05) is 18.3 Å². The first kappa shape index (κ1) is 21.6. The van der Waals surface area contributed by atoms with Gasteiger partial charge in [-0.25, -0.2) is 0 Å². The van der Waals surface area contributed by atoms with E-state index in [9.17, 15) is 4.79 Å². The summed E-state index contributed by atoms with van der Waals surface area (Å²) in [6, 6.07) is 0. The molecule has 0 spiro atoms. The summed E-state index contributed by atoms with van der Waals surface area (Å²) in [5.74, 6) is 0.00271. The molecule has 1 heterocycles. The van der Waals surface area contributed by atoms with Crippen molar-refractivity contribution in [3.05, 3.63) is 43.3 Å². The van der Waals surface area contributed by atoms with E-state index in [-0.39, 0.29) is 50.8 Å². The number of thioether (sulfide) groups is 1. The number of allylic oxidation sites excluding steroid dienone is 3. The first-order valence-corrected chi connectivity index (χ1v) is 5.09. The third kappa shape index (κ3) is 8.46. The Morgan fingerprint density at radius 1 is 1.69 bits per heavy atom. The molecule has 1 aliphatic rings. The fourth-order valence-electron chi connectivity index (χ4n) is 0.850. The van der Waals surface area contributed by atoms with E-state index in [1.165, 1.54) is 17.8 Å². The summed E-state index contributed by atoms with van der Waals surface area (Å²) < 4.78 is 0. The van der Waals surface area contributed by atoms with Crippen molar-refractivity contribution in [2.45, 2.75) is 18.6 Å². The van der Waals surface area contributed by atoms with Gasteiger partial charge in [0, 0.05) is 18.6 Å². The van der Waals surface area contributed by atoms with Crippen molar-refractivity contribution in [1.29, 1.82) is 0 Å². The van der Waals surface area contributed by atoms with E-state index in [4.69, 9.17) is 6.58 Å². The molecule has 0 bridgehead atoms. The van der Waals surface area contributed by atoms with Crippen LogP contribution in [0.15, 0.2) is 23.8 Å². The average Bonchev–Trinajstić information content (AvgIpc) is 2.49. The van der Waals surface area contributed by atoms with Crippen LogP contribution in [0.25, 0.3) is 0 Å². The summed E-state index contributed by atoms with van der Waals surface area (Å²) in [6.07, 6.45) is 6.47. The molecule has 5 heteroatoms. The molecule has 1 unspecified atom stereocenters. The van der Waals surface area contributed by atoms with Crippen LogP contribution in [0.5, 0.6) is 0 Å². The Morgan fingerprint density at radius 2 is 2.25 bits per heavy atom. The minimum absolute atomic E-state index is 0. The number of hydrogen-bond acceptors (Lipinski definition) is 2. The Balaban J connectivity index is -0.000000399. The Labute approximate surface area is 129 Å². The second-order valence-electron chi connectivity index (χ2n) is 2.29. The molecule has 0 aromatic heterocycles. The molecule has 1 radical (unpaired) electrons. The van der Waals surface area contributed by atoms with Crippen molar-refractivity contribution >= 4 is 17.7 Å². The fourth-order valence-corrected chi connectivity index (χ4v) is 1.70. The van der Waals surface area contributed by atoms with Gasteiger partial charge in [0.05, 0.1) is 10.3 Å². The largest absolute Gasteiger partial charge is 2.00 e. The predicted molar refractivity (Wildman–Crippen MR) is 61.0 cm³/mol. The average molecular weight is 443 g/mol. The normalized spacial score (nSPS) is 17.8. The zero-order chi connectivity index (χ0) is 11.0. The van der Waals surface area contributed by atoms with Crippen molar-refractivity contribution in [1.82, 2.24) is 5.32 Å². The number of carbonyl (C=O) groups excluding carboxylic acids is 1. The summed E-state index contributed by atoms with van der Waals surface area (Å²) in [5, 5.41) is 3.25. The van der Waals surface area contributed by atoms with Crippen LogP contribution in [-0.2, 0) is 44.4 Å². The van der Waals surface area contributed by atoms with Gasteiger partial charge >= 0.3 is 21.1 Å². The van der Waals surface area contributed by atoms with Crippen LogP contribution in [0.1, 0.15) is 13.3 Å². The molecule has 0 saturated carbocycles. The molecule has 0 aromatic carbocycles. The van der Waals surface area contributed by atoms with E-state index >= 15 is 0 Å². The molecular weight excluding hydrogens is 429 g/mol. The fraction of sp³-hybridized carbons (Fsp3) is 0.273. The van der Waals surface area contributed by atoms with Crippen molar-refractivity contribution in [2.75, 3.05) is 0 Å². The van der Waals surface area contributed by atoms with E-state index in [1.807, 2.05) is 0 Å². The van der Waals surface area contributed by atoms with Crippen molar-refractivity contribution in [2.24, 2.45) is 0 Å². The Kier molecular flexibility index (Phi) is 18.0. The van der Waals surface area contributed by atoms with Gasteiger partial charge < -0.3 is 37.0 Å². The molecule has 1 rings (SSSR count). The van der Waals surface area contributed by atoms with Gasteiger partial charge in [-0.2, -0.15) is 6.92 Å². The van der Waals surface area contributed by atoms with Gasteiger partial charge in [0.25, 0.3) is 0 Å². The van der Waals surface area contributed by atoms with Gasteiger partial charge in [0.1, 0.15) is 0 Å². The van der Waals surface area contributed by atoms with E-state index in [0.29, 0.717) is 11.4 Å². The summed E-state index contributed by atoms with van der Waals surface area (Å²) >= 11 is 1.43. The van der Waals surface area contributed by atoms with E-state index in [2.05, 4.69) is 24.9 Å². The Hall–Kier alpha value is 0.313. The van der Waals surface area contributed by atoms with Crippen LogP contribution in [0, 0.1) is 19.6 Å². The first-order valence-electron chi connectivity index (χ1n) is 4.21. The number of amides is 1. The zero-order valence-electron chi connectivity index (χ0n) is 9.10. The smallest absolute Gasteiger partial charge is 0.394 e. The molecule has 2 nitrogen and oxygen atoms in total. The molecule has 1 aliphatic heterocycles. The molecule has 1 amide bonds. The molecule has 0 aliphatic carbocycles. The molecule has 1 saturated heterocycles. The predicted octanol–water partition coefficient (Wildman–Crippen LogP) is 2.26. The van der Waals surface area contributed by atoms with Crippen LogP contribution in [0.3, 0.4) is 0 Å². The van der Waals surface area contributed by atoms with E-state index in [1.54, 1.807) is 13.0 Å². The molecule has 87 valence electrons. The standard InChI is InChI=1S/C9H9NOS.C2H5.V.W/c1-3-4-5-6-8-9(11)10-7(2)12-8;1-2;;/h1,3-4,8H,2,6H2,(H,10,11);1H2,2H3;;/q-2;-1;;+2. The third-order valence-corrected chi connectivity index (χ3v) is 2.41. The maximum Gasteiger partial charge on any atom is 2.00 e. The summed E-state index contributed by atoms with van der Waals surface area (Å²) in [5.41, 5.74) is 0. The summed E-state index contributed by atoms with van der Waals surface area (Å²) in [4.78, 5) is 11.1. The topological polar surface area (TPSA) is 29.1 Å². The quantitative estimate of drug-likeness (QED) is 0.536. The van der Waals surface area contributed by atoms with Gasteiger partial charge in [0.2, 0.25) is 5.91 Å². The number of nitrogens with one attached hydrogen (secondary N) is 1. The molecule has 1 N–H and O–H groups in total. The monoisotopic (exact) mass is 443 g/mol. The van der Waals surface area contributed by atoms with E-state index in [0.717, 1.165) is 0 Å². The van der Waals surface area contributed by atoms with Gasteiger partial charge in [-0.3, -0.25) is 4.79 Å².